The fraction of sp³-hybridized carbons (Fsp3) is 0.682. The minimum absolute atomic E-state index is 0.0194. The predicted molar refractivity (Wildman–Crippen MR) is 125 cm³/mol. The van der Waals surface area contributed by atoms with E-state index >= 15 is 0 Å². The Hall–Kier alpha value is -1.79. The van der Waals surface area contributed by atoms with E-state index in [0.717, 1.165) is 64.6 Å². The third kappa shape index (κ3) is 5.07. The summed E-state index contributed by atoms with van der Waals surface area (Å²) in [7, 11) is 2.17. The second-order valence-electron chi connectivity index (χ2n) is 9.42. The molecule has 1 aromatic rings. The van der Waals surface area contributed by atoms with Crippen LogP contribution in [0.1, 0.15) is 5.56 Å². The van der Waals surface area contributed by atoms with Gasteiger partial charge < -0.3 is 15.5 Å². The molecule has 6 N–H and O–H groups in total. The van der Waals surface area contributed by atoms with Gasteiger partial charge in [-0.05, 0) is 24.7 Å². The Morgan fingerprint density at radius 2 is 1.75 bits per heavy atom. The number of likely N-dealkylation sites (N-methyl/N-ethyl adjacent to an activating group) is 1. The van der Waals surface area contributed by atoms with Crippen LogP contribution in [-0.4, -0.2) is 105 Å². The molecule has 4 aliphatic rings. The molecule has 4 fully saturated rings. The van der Waals surface area contributed by atoms with Crippen molar-refractivity contribution in [2.45, 2.75) is 25.0 Å². The summed E-state index contributed by atoms with van der Waals surface area (Å²) < 4.78 is 0. The number of amides is 1. The van der Waals surface area contributed by atoms with Crippen molar-refractivity contribution in [1.82, 2.24) is 41.5 Å². The molecular formula is C22H37N9O. The molecular weight excluding hydrogens is 406 g/mol. The second-order valence-corrected chi connectivity index (χ2v) is 9.42. The summed E-state index contributed by atoms with van der Waals surface area (Å²) in [4.78, 5) is 20.0. The van der Waals surface area contributed by atoms with Gasteiger partial charge in [-0.15, -0.1) is 0 Å². The summed E-state index contributed by atoms with van der Waals surface area (Å²) in [5.74, 6) is -0.175. The number of anilines is 1. The average molecular weight is 444 g/mol. The molecule has 0 aliphatic carbocycles. The first-order valence-electron chi connectivity index (χ1n) is 11.9. The summed E-state index contributed by atoms with van der Waals surface area (Å²) in [6.45, 7) is 10.1. The van der Waals surface area contributed by atoms with Crippen molar-refractivity contribution in [2.75, 3.05) is 71.3 Å². The van der Waals surface area contributed by atoms with Crippen molar-refractivity contribution in [3.8, 4) is 0 Å². The summed E-state index contributed by atoms with van der Waals surface area (Å²) in [5.41, 5.74) is 8.21. The maximum Gasteiger partial charge on any atom is 0.242 e. The number of benzene rings is 1. The van der Waals surface area contributed by atoms with Crippen LogP contribution in [0.5, 0.6) is 0 Å². The molecule has 4 aliphatic heterocycles. The van der Waals surface area contributed by atoms with Gasteiger partial charge in [0.25, 0.3) is 0 Å². The highest BCUT2D eigenvalue weighted by molar-refractivity contribution is 5.81. The van der Waals surface area contributed by atoms with Crippen LogP contribution in [0.4, 0.5) is 5.69 Å². The minimum atomic E-state index is -0.194. The Morgan fingerprint density at radius 1 is 1.00 bits per heavy atom. The molecule has 4 atom stereocenters. The normalized spacial score (nSPS) is 32.8. The third-order valence-electron chi connectivity index (χ3n) is 7.13. The number of hydrazine groups is 1. The highest BCUT2D eigenvalue weighted by Crippen LogP contribution is 2.22. The molecule has 0 radical (unpaired) electrons. The van der Waals surface area contributed by atoms with E-state index in [9.17, 15) is 4.79 Å². The zero-order chi connectivity index (χ0) is 21.9. The minimum Gasteiger partial charge on any atom is -0.369 e. The lowest BCUT2D eigenvalue weighted by Crippen LogP contribution is -2.77. The maximum atomic E-state index is 12.7. The van der Waals surface area contributed by atoms with Crippen LogP contribution in [0, 0.1) is 5.92 Å². The van der Waals surface area contributed by atoms with Crippen LogP contribution in [0.15, 0.2) is 24.3 Å². The summed E-state index contributed by atoms with van der Waals surface area (Å²) >= 11 is 0. The van der Waals surface area contributed by atoms with E-state index in [1.165, 1.54) is 5.56 Å². The highest BCUT2D eigenvalue weighted by atomic mass is 16.2. The molecule has 32 heavy (non-hydrogen) atoms. The van der Waals surface area contributed by atoms with Crippen molar-refractivity contribution in [3.63, 3.8) is 0 Å². The lowest BCUT2D eigenvalue weighted by Gasteiger charge is -2.49. The molecule has 0 saturated carbocycles. The van der Waals surface area contributed by atoms with Gasteiger partial charge in [-0.1, -0.05) is 12.1 Å². The van der Waals surface area contributed by atoms with E-state index in [-0.39, 0.29) is 30.3 Å². The van der Waals surface area contributed by atoms with Crippen LogP contribution in [0.25, 0.3) is 0 Å². The molecule has 5 rings (SSSR count). The van der Waals surface area contributed by atoms with Gasteiger partial charge in [0.1, 0.15) is 6.29 Å². The van der Waals surface area contributed by atoms with Gasteiger partial charge in [-0.3, -0.25) is 30.7 Å². The Morgan fingerprint density at radius 3 is 2.50 bits per heavy atom. The van der Waals surface area contributed by atoms with E-state index < -0.39 is 0 Å². The zero-order valence-electron chi connectivity index (χ0n) is 18.9. The monoisotopic (exact) mass is 443 g/mol. The van der Waals surface area contributed by atoms with Crippen LogP contribution in [0.3, 0.4) is 0 Å². The van der Waals surface area contributed by atoms with E-state index in [2.05, 4.69) is 78.1 Å². The molecule has 0 aromatic heterocycles. The Kier molecular flexibility index (Phi) is 6.88. The molecule has 0 bridgehead atoms. The van der Waals surface area contributed by atoms with Gasteiger partial charge in [-0.25, -0.2) is 5.43 Å². The topological polar surface area (TPSA) is 99.0 Å². The first-order chi connectivity index (χ1) is 15.7. The number of carbonyl (C=O) groups is 1. The van der Waals surface area contributed by atoms with Gasteiger partial charge in [0, 0.05) is 77.2 Å². The van der Waals surface area contributed by atoms with Crippen LogP contribution in [-0.2, 0) is 11.3 Å². The van der Waals surface area contributed by atoms with Crippen molar-refractivity contribution in [3.05, 3.63) is 29.8 Å². The third-order valence-corrected chi connectivity index (χ3v) is 7.13. The molecule has 10 heteroatoms. The lowest BCUT2D eigenvalue weighted by atomic mass is 9.91. The van der Waals surface area contributed by atoms with Crippen LogP contribution < -0.4 is 32.1 Å². The quantitative estimate of drug-likeness (QED) is 0.314. The molecule has 1 amide bonds. The summed E-state index contributed by atoms with van der Waals surface area (Å²) in [6, 6.07) is 8.74. The molecule has 0 spiro atoms. The van der Waals surface area contributed by atoms with E-state index in [1.54, 1.807) is 0 Å². The zero-order valence-corrected chi connectivity index (χ0v) is 18.9. The average Bonchev–Trinajstić information content (AvgIpc) is 2.81. The fourth-order valence-corrected chi connectivity index (χ4v) is 5.15. The summed E-state index contributed by atoms with van der Waals surface area (Å²) in [6.07, 6.45) is -0.103. The van der Waals surface area contributed by atoms with E-state index in [4.69, 9.17) is 0 Å². The van der Waals surface area contributed by atoms with Gasteiger partial charge in [0.2, 0.25) is 5.91 Å². The molecule has 176 valence electrons. The van der Waals surface area contributed by atoms with Crippen molar-refractivity contribution in [1.29, 1.82) is 0 Å². The van der Waals surface area contributed by atoms with Gasteiger partial charge in [0.15, 0.2) is 0 Å². The SMILES string of the molecule is CN1CCN(C2NC3CNNC(=O)C3C(Nc3ccc(CN4CCNCC4)cc3)N2)CC1. The second kappa shape index (κ2) is 10.0. The van der Waals surface area contributed by atoms with Crippen LogP contribution >= 0.6 is 0 Å². The van der Waals surface area contributed by atoms with Crippen molar-refractivity contribution < 1.29 is 4.79 Å². The molecule has 1 aromatic carbocycles. The Labute approximate surface area is 190 Å². The largest absolute Gasteiger partial charge is 0.369 e. The Bertz CT molecular complexity index is 761. The smallest absolute Gasteiger partial charge is 0.242 e. The first-order valence-corrected chi connectivity index (χ1v) is 11.9. The Balaban J connectivity index is 1.26. The number of nitrogens with zero attached hydrogens (tertiary/aromatic N) is 3. The number of rotatable bonds is 5. The van der Waals surface area contributed by atoms with Gasteiger partial charge >= 0.3 is 0 Å². The van der Waals surface area contributed by atoms with Crippen molar-refractivity contribution in [2.24, 2.45) is 5.92 Å². The molecule has 4 unspecified atom stereocenters. The summed E-state index contributed by atoms with van der Waals surface area (Å²) in [5, 5.41) is 14.4. The molecule has 4 heterocycles. The lowest BCUT2D eigenvalue weighted by molar-refractivity contribution is -0.132. The van der Waals surface area contributed by atoms with Gasteiger partial charge in [0.05, 0.1) is 12.1 Å². The fourth-order valence-electron chi connectivity index (χ4n) is 5.15. The van der Waals surface area contributed by atoms with Crippen LogP contribution in [0.2, 0.25) is 0 Å². The standard InChI is InChI=1S/C22H37N9O/c1-29-10-12-31(13-11-29)22-26-18-14-24-28-21(32)19(18)20(27-22)25-17-4-2-16(3-5-17)15-30-8-6-23-7-9-30/h2-5,18-20,22-27H,6-15H2,1H3,(H,28,32). The van der Waals surface area contributed by atoms with Gasteiger partial charge in [-0.2, -0.15) is 0 Å². The molecule has 4 saturated heterocycles. The van der Waals surface area contributed by atoms with Crippen molar-refractivity contribution >= 4 is 11.6 Å². The van der Waals surface area contributed by atoms with E-state index in [0.29, 0.717) is 6.54 Å². The van der Waals surface area contributed by atoms with E-state index in [1.807, 2.05) is 0 Å². The predicted octanol–water partition coefficient (Wildman–Crippen LogP) is -1.83. The number of hydrogen-bond donors (Lipinski definition) is 6. The number of nitrogens with one attached hydrogen (secondary N) is 6. The maximum absolute atomic E-state index is 12.7. The molecule has 10 nitrogen and oxygen atoms in total. The number of hydrogen-bond acceptors (Lipinski definition) is 9. The number of carbonyl (C=O) groups excluding carboxylic acids is 1. The first kappa shape index (κ1) is 22.0. The highest BCUT2D eigenvalue weighted by Gasteiger charge is 2.45. The number of fused-ring (bicyclic) bond motifs is 1. The number of piperazine rings is 2.